The highest BCUT2D eigenvalue weighted by Crippen LogP contribution is 2.16. The molecule has 102 valence electrons. The summed E-state index contributed by atoms with van der Waals surface area (Å²) in [5.41, 5.74) is -0.185. The van der Waals surface area contributed by atoms with Crippen molar-refractivity contribution >= 4 is 0 Å². The van der Waals surface area contributed by atoms with Gasteiger partial charge in [-0.15, -0.1) is 0 Å². The Morgan fingerprint density at radius 3 is 2.53 bits per heavy atom. The minimum atomic E-state index is -0.185. The summed E-state index contributed by atoms with van der Waals surface area (Å²) in [6, 6.07) is 1.07. The zero-order valence-electron chi connectivity index (χ0n) is 12.0. The van der Waals surface area contributed by atoms with E-state index in [0.29, 0.717) is 12.1 Å². The lowest BCUT2D eigenvalue weighted by Gasteiger charge is -2.35. The van der Waals surface area contributed by atoms with E-state index in [1.54, 1.807) is 0 Å². The van der Waals surface area contributed by atoms with Crippen molar-refractivity contribution < 1.29 is 5.11 Å². The van der Waals surface area contributed by atoms with E-state index in [0.717, 1.165) is 19.6 Å². The van der Waals surface area contributed by atoms with Crippen LogP contribution in [0.2, 0.25) is 0 Å². The van der Waals surface area contributed by atoms with Crippen LogP contribution in [0.25, 0.3) is 0 Å². The van der Waals surface area contributed by atoms with Crippen LogP contribution in [0.1, 0.15) is 27.2 Å². The highest BCUT2D eigenvalue weighted by atomic mass is 16.3. The maximum Gasteiger partial charge on any atom is 0.0623 e. The molecule has 1 aliphatic rings. The van der Waals surface area contributed by atoms with Gasteiger partial charge < -0.3 is 15.3 Å². The van der Waals surface area contributed by atoms with Crippen molar-refractivity contribution in [2.45, 2.75) is 44.8 Å². The van der Waals surface area contributed by atoms with Crippen molar-refractivity contribution in [3.63, 3.8) is 0 Å². The predicted molar refractivity (Wildman–Crippen MR) is 72.3 cm³/mol. The number of rotatable bonds is 6. The Labute approximate surface area is 106 Å². The Kier molecular flexibility index (Phi) is 5.38. The van der Waals surface area contributed by atoms with Crippen LogP contribution in [0, 0.1) is 0 Å². The number of hydrogen-bond donors (Lipinski definition) is 2. The fraction of sp³-hybridized carbons (Fsp3) is 1.00. The zero-order chi connectivity index (χ0) is 13.1. The van der Waals surface area contributed by atoms with Gasteiger partial charge in [0.2, 0.25) is 0 Å². The third kappa shape index (κ3) is 4.54. The SMILES string of the molecule is CC(C)NC(C)(CO)CN1CCC(N(C)C)C1. The first kappa shape index (κ1) is 14.9. The summed E-state index contributed by atoms with van der Waals surface area (Å²) in [7, 11) is 4.29. The fourth-order valence-electron chi connectivity index (χ4n) is 2.71. The molecule has 0 aromatic carbocycles. The van der Waals surface area contributed by atoms with Crippen LogP contribution in [0.3, 0.4) is 0 Å². The first-order valence-electron chi connectivity index (χ1n) is 6.63. The molecule has 2 atom stereocenters. The van der Waals surface area contributed by atoms with Gasteiger partial charge in [-0.2, -0.15) is 0 Å². The molecule has 0 spiro atoms. The molecule has 0 aromatic rings. The monoisotopic (exact) mass is 243 g/mol. The molecular formula is C13H29N3O. The molecule has 4 heteroatoms. The van der Waals surface area contributed by atoms with E-state index in [4.69, 9.17) is 0 Å². The average molecular weight is 243 g/mol. The van der Waals surface area contributed by atoms with Gasteiger partial charge >= 0.3 is 0 Å². The van der Waals surface area contributed by atoms with E-state index < -0.39 is 0 Å². The largest absolute Gasteiger partial charge is 0.394 e. The molecule has 4 nitrogen and oxygen atoms in total. The fourth-order valence-corrected chi connectivity index (χ4v) is 2.71. The minimum Gasteiger partial charge on any atom is -0.394 e. The van der Waals surface area contributed by atoms with Crippen LogP contribution in [0.5, 0.6) is 0 Å². The maximum atomic E-state index is 9.57. The minimum absolute atomic E-state index is 0.185. The molecule has 1 fully saturated rings. The van der Waals surface area contributed by atoms with Gasteiger partial charge in [-0.25, -0.2) is 0 Å². The molecule has 1 saturated heterocycles. The van der Waals surface area contributed by atoms with E-state index in [1.807, 2.05) is 0 Å². The Morgan fingerprint density at radius 1 is 1.47 bits per heavy atom. The van der Waals surface area contributed by atoms with Gasteiger partial charge in [0.05, 0.1) is 12.1 Å². The molecule has 17 heavy (non-hydrogen) atoms. The Bertz CT molecular complexity index is 233. The molecule has 1 aliphatic heterocycles. The van der Waals surface area contributed by atoms with Crippen molar-refractivity contribution in [1.82, 2.24) is 15.1 Å². The number of aliphatic hydroxyl groups is 1. The second-order valence-corrected chi connectivity index (χ2v) is 6.16. The summed E-state index contributed by atoms with van der Waals surface area (Å²) in [5.74, 6) is 0. The number of nitrogens with one attached hydrogen (secondary N) is 1. The molecule has 2 unspecified atom stereocenters. The van der Waals surface area contributed by atoms with Gasteiger partial charge in [0.1, 0.15) is 0 Å². The topological polar surface area (TPSA) is 38.7 Å². The van der Waals surface area contributed by atoms with Crippen LogP contribution < -0.4 is 5.32 Å². The molecule has 0 aliphatic carbocycles. The second kappa shape index (κ2) is 6.14. The molecule has 0 saturated carbocycles. The van der Waals surface area contributed by atoms with Gasteiger partial charge in [0.25, 0.3) is 0 Å². The number of hydrogen-bond acceptors (Lipinski definition) is 4. The van der Waals surface area contributed by atoms with Gasteiger partial charge in [0.15, 0.2) is 0 Å². The predicted octanol–water partition coefficient (Wildman–Crippen LogP) is 0.371. The average Bonchev–Trinajstić information content (AvgIpc) is 2.65. The quantitative estimate of drug-likeness (QED) is 0.707. The molecule has 2 N–H and O–H groups in total. The summed E-state index contributed by atoms with van der Waals surface area (Å²) in [5, 5.41) is 13.0. The summed E-state index contributed by atoms with van der Waals surface area (Å²) < 4.78 is 0. The lowest BCUT2D eigenvalue weighted by atomic mass is 10.0. The van der Waals surface area contributed by atoms with Gasteiger partial charge in [-0.05, 0) is 34.0 Å². The highest BCUT2D eigenvalue weighted by Gasteiger charge is 2.31. The summed E-state index contributed by atoms with van der Waals surface area (Å²) in [6.45, 7) is 9.72. The molecule has 0 bridgehead atoms. The lowest BCUT2D eigenvalue weighted by Crippen LogP contribution is -2.56. The Hall–Kier alpha value is -0.160. The van der Waals surface area contributed by atoms with Crippen LogP contribution >= 0.6 is 0 Å². The zero-order valence-corrected chi connectivity index (χ0v) is 12.0. The van der Waals surface area contributed by atoms with Crippen LogP contribution in [0.15, 0.2) is 0 Å². The van der Waals surface area contributed by atoms with Crippen LogP contribution in [0.4, 0.5) is 0 Å². The van der Waals surface area contributed by atoms with Gasteiger partial charge in [-0.3, -0.25) is 4.90 Å². The van der Waals surface area contributed by atoms with Crippen LogP contribution in [-0.4, -0.2) is 72.9 Å². The Morgan fingerprint density at radius 2 is 2.12 bits per heavy atom. The van der Waals surface area contributed by atoms with E-state index in [1.165, 1.54) is 6.42 Å². The van der Waals surface area contributed by atoms with Crippen molar-refractivity contribution in [1.29, 1.82) is 0 Å². The molecular weight excluding hydrogens is 214 g/mol. The van der Waals surface area contributed by atoms with Gasteiger partial charge in [0, 0.05) is 25.2 Å². The number of aliphatic hydroxyl groups excluding tert-OH is 1. The molecule has 1 heterocycles. The van der Waals surface area contributed by atoms with Crippen molar-refractivity contribution in [3.8, 4) is 0 Å². The van der Waals surface area contributed by atoms with Crippen molar-refractivity contribution in [2.75, 3.05) is 40.3 Å². The second-order valence-electron chi connectivity index (χ2n) is 6.16. The van der Waals surface area contributed by atoms with E-state index in [2.05, 4.69) is 50.0 Å². The third-order valence-electron chi connectivity index (χ3n) is 3.54. The molecule has 0 amide bonds. The molecule has 1 rings (SSSR count). The first-order valence-corrected chi connectivity index (χ1v) is 6.63. The lowest BCUT2D eigenvalue weighted by molar-refractivity contribution is 0.121. The van der Waals surface area contributed by atoms with Crippen molar-refractivity contribution in [3.05, 3.63) is 0 Å². The van der Waals surface area contributed by atoms with Crippen molar-refractivity contribution in [2.24, 2.45) is 0 Å². The number of likely N-dealkylation sites (N-methyl/N-ethyl adjacent to an activating group) is 1. The Balaban J connectivity index is 2.47. The standard InChI is InChI=1S/C13H29N3O/c1-11(2)14-13(3,10-17)9-16-7-6-12(8-16)15(4)5/h11-12,14,17H,6-10H2,1-5H3. The van der Waals surface area contributed by atoms with E-state index >= 15 is 0 Å². The maximum absolute atomic E-state index is 9.57. The number of likely N-dealkylation sites (tertiary alicyclic amines) is 1. The first-order chi connectivity index (χ1) is 7.86. The van der Waals surface area contributed by atoms with Gasteiger partial charge in [-0.1, -0.05) is 13.8 Å². The van der Waals surface area contributed by atoms with Crippen LogP contribution in [-0.2, 0) is 0 Å². The molecule has 0 aromatic heterocycles. The summed E-state index contributed by atoms with van der Waals surface area (Å²) >= 11 is 0. The van der Waals surface area contributed by atoms with E-state index in [9.17, 15) is 5.11 Å². The highest BCUT2D eigenvalue weighted by molar-refractivity contribution is 4.91. The molecule has 0 radical (unpaired) electrons. The van der Waals surface area contributed by atoms with E-state index in [-0.39, 0.29) is 12.1 Å². The third-order valence-corrected chi connectivity index (χ3v) is 3.54. The smallest absolute Gasteiger partial charge is 0.0623 e. The summed E-state index contributed by atoms with van der Waals surface area (Å²) in [6.07, 6.45) is 1.23. The summed E-state index contributed by atoms with van der Waals surface area (Å²) in [4.78, 5) is 4.75. The number of nitrogens with zero attached hydrogens (tertiary/aromatic N) is 2. The normalized spacial score (nSPS) is 25.8.